The smallest absolute Gasteiger partial charge is 0.410 e. The second-order valence-corrected chi connectivity index (χ2v) is 15.1. The maximum absolute atomic E-state index is 15.0. The summed E-state index contributed by atoms with van der Waals surface area (Å²) in [7, 11) is 5.29. The molecule has 1 saturated carbocycles. The van der Waals surface area contributed by atoms with Gasteiger partial charge in [0.2, 0.25) is 5.91 Å². The van der Waals surface area contributed by atoms with Crippen molar-refractivity contribution < 1.29 is 38.4 Å². The molecule has 11 nitrogen and oxygen atoms in total. The Bertz CT molecular complexity index is 1940. The van der Waals surface area contributed by atoms with E-state index >= 15 is 4.79 Å². The van der Waals surface area contributed by atoms with Gasteiger partial charge in [-0.1, -0.05) is 18.2 Å². The van der Waals surface area contributed by atoms with Crippen molar-refractivity contribution in [3.05, 3.63) is 83.6 Å². The van der Waals surface area contributed by atoms with E-state index in [9.17, 15) is 14.7 Å². The minimum absolute atomic E-state index is 0.00792. The number of fused-ring (bicyclic) bond motifs is 1. The molecule has 11 heteroatoms. The quantitative estimate of drug-likeness (QED) is 0.141. The summed E-state index contributed by atoms with van der Waals surface area (Å²) in [4.78, 5) is 43.6. The number of aryl methyl sites for hydroxylation is 1. The maximum Gasteiger partial charge on any atom is 0.410 e. The Hall–Kier alpha value is -5.03. The third-order valence-electron chi connectivity index (χ3n) is 10.0. The van der Waals surface area contributed by atoms with E-state index in [0.29, 0.717) is 44.2 Å². The van der Waals surface area contributed by atoms with Crippen LogP contribution < -0.4 is 9.47 Å². The van der Waals surface area contributed by atoms with E-state index in [-0.39, 0.29) is 30.0 Å². The van der Waals surface area contributed by atoms with Crippen LogP contribution in [0.5, 0.6) is 11.5 Å². The summed E-state index contributed by atoms with van der Waals surface area (Å²) < 4.78 is 24.7. The normalized spacial score (nSPS) is 17.4. The minimum Gasteiger partial charge on any atom is -0.497 e. The molecule has 1 aliphatic carbocycles. The van der Waals surface area contributed by atoms with Crippen molar-refractivity contribution in [2.45, 2.75) is 70.6 Å². The molecule has 282 valence electrons. The number of benzene rings is 3. The second-order valence-electron chi connectivity index (χ2n) is 15.1. The summed E-state index contributed by atoms with van der Waals surface area (Å²) in [5.74, 6) is -0.312. The van der Waals surface area contributed by atoms with Crippen LogP contribution >= 0.6 is 0 Å². The highest BCUT2D eigenvalue weighted by molar-refractivity contribution is 5.92. The lowest BCUT2D eigenvalue weighted by Crippen LogP contribution is -2.51. The molecule has 2 atom stereocenters. The van der Waals surface area contributed by atoms with E-state index in [1.165, 1.54) is 0 Å². The van der Waals surface area contributed by atoms with E-state index < -0.39 is 23.6 Å². The van der Waals surface area contributed by atoms with Crippen LogP contribution in [0, 0.1) is 5.92 Å². The van der Waals surface area contributed by atoms with Gasteiger partial charge in [-0.25, -0.2) is 9.59 Å². The van der Waals surface area contributed by atoms with Crippen molar-refractivity contribution >= 4 is 28.9 Å². The molecule has 4 aromatic rings. The van der Waals surface area contributed by atoms with Gasteiger partial charge in [0.15, 0.2) is 0 Å². The highest BCUT2D eigenvalue weighted by atomic mass is 16.6. The number of aromatic nitrogens is 1. The van der Waals surface area contributed by atoms with Gasteiger partial charge in [0.25, 0.3) is 0 Å². The Morgan fingerprint density at radius 2 is 1.62 bits per heavy atom. The Balaban J connectivity index is 1.35. The number of carboxylic acids is 1. The molecular formula is C42H51N3O8. The standard InChI is InChI=1S/C42H51N3O8/c1-42(2,3)53-41(49)44-17-16-34(36-25-43(4)38-15-12-30(22-35(36)38)28-8-10-29(11-9-28)40(47)48)37(26-44)39(46)45(31-13-14-31)24-27-20-32(51-6)23-33(21-27)52-19-7-18-50-5/h8-12,15,20-23,25,31,34,37H,7,13-14,16-19,24,26H2,1-6H3,(H,47,48)/t34-,37+/m1/s1. The molecule has 0 spiro atoms. The molecule has 0 radical (unpaired) electrons. The topological polar surface area (TPSA) is 120 Å². The molecular weight excluding hydrogens is 674 g/mol. The molecule has 2 aliphatic rings. The zero-order chi connectivity index (χ0) is 37.9. The lowest BCUT2D eigenvalue weighted by Gasteiger charge is -2.40. The van der Waals surface area contributed by atoms with Crippen molar-refractivity contribution in [3.8, 4) is 22.6 Å². The first kappa shape index (κ1) is 37.7. The molecule has 2 heterocycles. The Labute approximate surface area is 311 Å². The van der Waals surface area contributed by atoms with E-state index in [4.69, 9.17) is 18.9 Å². The Morgan fingerprint density at radius 1 is 0.906 bits per heavy atom. The number of carbonyl (C=O) groups is 3. The maximum atomic E-state index is 15.0. The summed E-state index contributed by atoms with van der Waals surface area (Å²) in [6.07, 6.45) is 4.87. The number of aromatic carboxylic acids is 1. The molecule has 6 rings (SSSR count). The van der Waals surface area contributed by atoms with Gasteiger partial charge in [-0.15, -0.1) is 0 Å². The lowest BCUT2D eigenvalue weighted by atomic mass is 9.79. The summed E-state index contributed by atoms with van der Waals surface area (Å²) in [6, 6.07) is 19.0. The number of piperidine rings is 1. The molecule has 1 aliphatic heterocycles. The first-order valence-corrected chi connectivity index (χ1v) is 18.4. The number of rotatable bonds is 13. The van der Waals surface area contributed by atoms with Crippen molar-refractivity contribution in [2.24, 2.45) is 13.0 Å². The average Bonchev–Trinajstić information content (AvgIpc) is 3.93. The number of hydrogen-bond acceptors (Lipinski definition) is 7. The lowest BCUT2D eigenvalue weighted by molar-refractivity contribution is -0.139. The van der Waals surface area contributed by atoms with Crippen LogP contribution in [0.4, 0.5) is 4.79 Å². The summed E-state index contributed by atoms with van der Waals surface area (Å²) in [5.41, 5.74) is 4.41. The van der Waals surface area contributed by atoms with Gasteiger partial charge in [0, 0.05) is 81.9 Å². The summed E-state index contributed by atoms with van der Waals surface area (Å²) >= 11 is 0. The first-order valence-electron chi connectivity index (χ1n) is 18.4. The van der Waals surface area contributed by atoms with Gasteiger partial charge < -0.3 is 38.4 Å². The third kappa shape index (κ3) is 8.96. The highest BCUT2D eigenvalue weighted by Crippen LogP contribution is 2.42. The number of nitrogens with zero attached hydrogens (tertiary/aromatic N) is 3. The predicted octanol–water partition coefficient (Wildman–Crippen LogP) is 7.50. The van der Waals surface area contributed by atoms with Crippen molar-refractivity contribution in [2.75, 3.05) is 40.5 Å². The van der Waals surface area contributed by atoms with E-state index in [2.05, 4.69) is 22.9 Å². The molecule has 1 saturated heterocycles. The van der Waals surface area contributed by atoms with Gasteiger partial charge in [-0.2, -0.15) is 0 Å². The van der Waals surface area contributed by atoms with Crippen LogP contribution in [-0.4, -0.2) is 89.6 Å². The van der Waals surface area contributed by atoms with Crippen molar-refractivity contribution in [1.29, 1.82) is 0 Å². The van der Waals surface area contributed by atoms with Gasteiger partial charge in [0.05, 0.1) is 25.2 Å². The molecule has 3 aromatic carbocycles. The molecule has 0 bridgehead atoms. The van der Waals surface area contributed by atoms with Gasteiger partial charge in [0.1, 0.15) is 17.1 Å². The second kappa shape index (κ2) is 15.9. The number of carbonyl (C=O) groups excluding carboxylic acids is 2. The molecule has 2 fully saturated rings. The molecule has 2 amide bonds. The van der Waals surface area contributed by atoms with E-state index in [1.807, 2.05) is 69.1 Å². The molecule has 53 heavy (non-hydrogen) atoms. The summed E-state index contributed by atoms with van der Waals surface area (Å²) in [6.45, 7) is 7.72. The molecule has 1 N–H and O–H groups in total. The first-order chi connectivity index (χ1) is 25.3. The highest BCUT2D eigenvalue weighted by Gasteiger charge is 2.44. The van der Waals surface area contributed by atoms with Crippen molar-refractivity contribution in [1.82, 2.24) is 14.4 Å². The Morgan fingerprint density at radius 3 is 2.28 bits per heavy atom. The van der Waals surface area contributed by atoms with Crippen LogP contribution in [-0.2, 0) is 27.9 Å². The minimum atomic E-state index is -0.968. The van der Waals surface area contributed by atoms with Crippen LogP contribution in [0.15, 0.2) is 66.9 Å². The van der Waals surface area contributed by atoms with Crippen LogP contribution in [0.25, 0.3) is 22.0 Å². The third-order valence-corrected chi connectivity index (χ3v) is 10.0. The van der Waals surface area contributed by atoms with Crippen LogP contribution in [0.3, 0.4) is 0 Å². The van der Waals surface area contributed by atoms with Gasteiger partial charge >= 0.3 is 12.1 Å². The SMILES string of the molecule is COCCCOc1cc(CN(C(=O)[C@H]2CN(C(=O)OC(C)(C)C)CC[C@@H]2c2cn(C)c3ccc(-c4ccc(C(=O)O)cc4)cc23)C2CC2)cc(OC)c1. The van der Waals surface area contributed by atoms with Crippen LogP contribution in [0.1, 0.15) is 73.9 Å². The number of likely N-dealkylation sites (tertiary alicyclic amines) is 1. The Kier molecular flexibility index (Phi) is 11.3. The zero-order valence-electron chi connectivity index (χ0n) is 31.6. The number of hydrogen-bond donors (Lipinski definition) is 1. The average molecular weight is 726 g/mol. The largest absolute Gasteiger partial charge is 0.497 e. The monoisotopic (exact) mass is 725 g/mol. The fourth-order valence-corrected chi connectivity index (χ4v) is 7.27. The van der Waals surface area contributed by atoms with Gasteiger partial charge in [-0.05, 0) is 98.7 Å². The molecule has 0 unspecified atom stereocenters. The zero-order valence-corrected chi connectivity index (χ0v) is 31.6. The van der Waals surface area contributed by atoms with Crippen molar-refractivity contribution in [3.63, 3.8) is 0 Å². The van der Waals surface area contributed by atoms with Crippen LogP contribution in [0.2, 0.25) is 0 Å². The summed E-state index contributed by atoms with van der Waals surface area (Å²) in [5, 5.41) is 10.4. The van der Waals surface area contributed by atoms with E-state index in [0.717, 1.165) is 52.4 Å². The fraction of sp³-hybridized carbons (Fsp3) is 0.452. The number of ether oxygens (including phenoxy) is 4. The number of methoxy groups -OCH3 is 2. The number of carboxylic acid groups (broad SMARTS) is 1. The fourth-order valence-electron chi connectivity index (χ4n) is 7.27. The predicted molar refractivity (Wildman–Crippen MR) is 203 cm³/mol. The molecule has 1 aromatic heterocycles. The van der Waals surface area contributed by atoms with Gasteiger partial charge in [-0.3, -0.25) is 4.79 Å². The number of amides is 2. The van der Waals surface area contributed by atoms with E-state index in [1.54, 1.807) is 31.3 Å².